The monoisotopic (exact) mass is 267 g/mol. The predicted octanol–water partition coefficient (Wildman–Crippen LogP) is 1.75. The van der Waals surface area contributed by atoms with Crippen molar-refractivity contribution in [2.45, 2.75) is 19.9 Å². The summed E-state index contributed by atoms with van der Waals surface area (Å²) >= 11 is 0. The average Bonchev–Trinajstić information content (AvgIpc) is 2.43. The molecule has 19 heavy (non-hydrogen) atoms. The molecule has 1 N–H and O–H groups in total. The molecule has 1 aromatic carbocycles. The lowest BCUT2D eigenvalue weighted by molar-refractivity contribution is -0.142. The summed E-state index contributed by atoms with van der Waals surface area (Å²) in [5, 5.41) is 3.18. The summed E-state index contributed by atoms with van der Waals surface area (Å²) in [6.45, 7) is 3.40. The molecular weight excluding hydrogens is 246 g/mol. The molecule has 0 aromatic heterocycles. The maximum Gasteiger partial charge on any atom is 0.307 e. The molecule has 0 atom stereocenters. The number of ether oxygens (including phenoxy) is 3. The summed E-state index contributed by atoms with van der Waals surface area (Å²) in [6.07, 6.45) is 0.361. The molecule has 0 saturated carbocycles. The molecule has 0 aliphatic carbocycles. The Hall–Kier alpha value is -1.75. The summed E-state index contributed by atoms with van der Waals surface area (Å²) in [5.74, 6) is 1.39. The second-order valence-electron chi connectivity index (χ2n) is 3.91. The molecule has 5 nitrogen and oxygen atoms in total. The third-order valence-electron chi connectivity index (χ3n) is 2.61. The van der Waals surface area contributed by atoms with Crippen molar-refractivity contribution in [2.24, 2.45) is 0 Å². The molecule has 0 saturated heterocycles. The summed E-state index contributed by atoms with van der Waals surface area (Å²) in [6, 6.07) is 5.62. The first-order valence-corrected chi connectivity index (χ1v) is 6.28. The van der Waals surface area contributed by atoms with Crippen molar-refractivity contribution in [3.63, 3.8) is 0 Å². The predicted molar refractivity (Wildman–Crippen MR) is 72.5 cm³/mol. The van der Waals surface area contributed by atoms with E-state index in [9.17, 15) is 4.79 Å². The largest absolute Gasteiger partial charge is 0.497 e. The summed E-state index contributed by atoms with van der Waals surface area (Å²) in [4.78, 5) is 11.2. The number of nitrogens with one attached hydrogen (secondary N) is 1. The van der Waals surface area contributed by atoms with Gasteiger partial charge in [-0.15, -0.1) is 0 Å². The maximum atomic E-state index is 11.2. The van der Waals surface area contributed by atoms with Gasteiger partial charge < -0.3 is 19.5 Å². The molecule has 0 amide bonds. The highest BCUT2D eigenvalue weighted by Crippen LogP contribution is 2.23. The normalized spacial score (nSPS) is 10.1. The van der Waals surface area contributed by atoms with Crippen LogP contribution in [0.2, 0.25) is 0 Å². The molecule has 5 heteroatoms. The van der Waals surface area contributed by atoms with Crippen LogP contribution in [0.3, 0.4) is 0 Å². The van der Waals surface area contributed by atoms with Crippen LogP contribution >= 0.6 is 0 Å². The van der Waals surface area contributed by atoms with Crippen LogP contribution in [0.1, 0.15) is 18.9 Å². The first-order valence-electron chi connectivity index (χ1n) is 6.28. The molecule has 0 aliphatic heterocycles. The zero-order valence-electron chi connectivity index (χ0n) is 11.7. The molecule has 0 aliphatic rings. The van der Waals surface area contributed by atoms with Crippen molar-refractivity contribution in [2.75, 3.05) is 27.4 Å². The smallest absolute Gasteiger partial charge is 0.307 e. The van der Waals surface area contributed by atoms with Crippen LogP contribution in [0, 0.1) is 0 Å². The van der Waals surface area contributed by atoms with E-state index in [1.165, 1.54) is 0 Å². The molecule has 0 heterocycles. The van der Waals surface area contributed by atoms with Crippen LogP contribution in [0.25, 0.3) is 0 Å². The number of rotatable bonds is 8. The van der Waals surface area contributed by atoms with Gasteiger partial charge in [0.2, 0.25) is 0 Å². The van der Waals surface area contributed by atoms with E-state index in [-0.39, 0.29) is 5.97 Å². The van der Waals surface area contributed by atoms with E-state index in [1.807, 2.05) is 18.2 Å². The van der Waals surface area contributed by atoms with Gasteiger partial charge >= 0.3 is 5.97 Å². The van der Waals surface area contributed by atoms with Gasteiger partial charge in [0.25, 0.3) is 0 Å². The van der Waals surface area contributed by atoms with Gasteiger partial charge in [-0.25, -0.2) is 0 Å². The molecule has 0 radical (unpaired) electrons. The number of hydrogen-bond acceptors (Lipinski definition) is 5. The minimum absolute atomic E-state index is 0.187. The Labute approximate surface area is 113 Å². The standard InChI is InChI=1S/C14H21NO4/c1-4-19-14(16)7-8-15-10-11-9-12(17-2)5-6-13(11)18-3/h5-6,9,15H,4,7-8,10H2,1-3H3. The summed E-state index contributed by atoms with van der Waals surface area (Å²) in [5.41, 5.74) is 0.991. The van der Waals surface area contributed by atoms with Crippen LogP contribution in [0.15, 0.2) is 18.2 Å². The highest BCUT2D eigenvalue weighted by atomic mass is 16.5. The van der Waals surface area contributed by atoms with Gasteiger partial charge in [0.1, 0.15) is 11.5 Å². The molecule has 0 spiro atoms. The Bertz CT molecular complexity index is 406. The van der Waals surface area contributed by atoms with E-state index in [0.29, 0.717) is 26.1 Å². The fourth-order valence-corrected chi connectivity index (χ4v) is 1.67. The number of benzene rings is 1. The molecular formula is C14H21NO4. The van der Waals surface area contributed by atoms with E-state index >= 15 is 0 Å². The Morgan fingerprint density at radius 2 is 2.05 bits per heavy atom. The molecule has 1 rings (SSSR count). The third kappa shape index (κ3) is 5.18. The van der Waals surface area contributed by atoms with Gasteiger partial charge in [-0.3, -0.25) is 4.79 Å². The molecule has 0 fully saturated rings. The minimum atomic E-state index is -0.187. The van der Waals surface area contributed by atoms with E-state index in [1.54, 1.807) is 21.1 Å². The van der Waals surface area contributed by atoms with Crippen molar-refractivity contribution in [3.05, 3.63) is 23.8 Å². The van der Waals surface area contributed by atoms with E-state index in [4.69, 9.17) is 14.2 Å². The fraction of sp³-hybridized carbons (Fsp3) is 0.500. The van der Waals surface area contributed by atoms with Crippen molar-refractivity contribution in [1.29, 1.82) is 0 Å². The summed E-state index contributed by atoms with van der Waals surface area (Å²) < 4.78 is 15.3. The van der Waals surface area contributed by atoms with Crippen molar-refractivity contribution >= 4 is 5.97 Å². The maximum absolute atomic E-state index is 11.2. The third-order valence-corrected chi connectivity index (χ3v) is 2.61. The van der Waals surface area contributed by atoms with Crippen molar-refractivity contribution < 1.29 is 19.0 Å². The van der Waals surface area contributed by atoms with Gasteiger partial charge in [0.15, 0.2) is 0 Å². The average molecular weight is 267 g/mol. The number of carbonyl (C=O) groups excluding carboxylic acids is 1. The van der Waals surface area contributed by atoms with Crippen LogP contribution in [-0.4, -0.2) is 33.3 Å². The number of hydrogen-bond donors (Lipinski definition) is 1. The van der Waals surface area contributed by atoms with Gasteiger partial charge in [-0.1, -0.05) is 0 Å². The van der Waals surface area contributed by atoms with Gasteiger partial charge in [-0.05, 0) is 25.1 Å². The van der Waals surface area contributed by atoms with E-state index in [0.717, 1.165) is 17.1 Å². The first kappa shape index (κ1) is 15.3. The second kappa shape index (κ2) is 8.37. The molecule has 106 valence electrons. The molecule has 1 aromatic rings. The van der Waals surface area contributed by atoms with Gasteiger partial charge in [0.05, 0.1) is 27.2 Å². The fourth-order valence-electron chi connectivity index (χ4n) is 1.67. The second-order valence-corrected chi connectivity index (χ2v) is 3.91. The lowest BCUT2D eigenvalue weighted by Crippen LogP contribution is -2.19. The zero-order chi connectivity index (χ0) is 14.1. The quantitative estimate of drug-likeness (QED) is 0.574. The van der Waals surface area contributed by atoms with E-state index in [2.05, 4.69) is 5.32 Å². The van der Waals surface area contributed by atoms with E-state index < -0.39 is 0 Å². The molecule has 0 unspecified atom stereocenters. The Kier molecular flexibility index (Phi) is 6.74. The van der Waals surface area contributed by atoms with Crippen LogP contribution in [-0.2, 0) is 16.1 Å². The zero-order valence-corrected chi connectivity index (χ0v) is 11.7. The van der Waals surface area contributed by atoms with Gasteiger partial charge in [-0.2, -0.15) is 0 Å². The number of methoxy groups -OCH3 is 2. The number of esters is 1. The lowest BCUT2D eigenvalue weighted by atomic mass is 10.2. The lowest BCUT2D eigenvalue weighted by Gasteiger charge is -2.11. The number of carbonyl (C=O) groups is 1. The van der Waals surface area contributed by atoms with Crippen LogP contribution in [0.4, 0.5) is 0 Å². The highest BCUT2D eigenvalue weighted by Gasteiger charge is 2.05. The van der Waals surface area contributed by atoms with Gasteiger partial charge in [0, 0.05) is 18.7 Å². The van der Waals surface area contributed by atoms with Crippen molar-refractivity contribution in [3.8, 4) is 11.5 Å². The minimum Gasteiger partial charge on any atom is -0.497 e. The topological polar surface area (TPSA) is 56.8 Å². The Balaban J connectivity index is 2.45. The Morgan fingerprint density at radius 1 is 1.26 bits per heavy atom. The van der Waals surface area contributed by atoms with Crippen LogP contribution < -0.4 is 14.8 Å². The highest BCUT2D eigenvalue weighted by molar-refractivity contribution is 5.69. The van der Waals surface area contributed by atoms with Crippen molar-refractivity contribution in [1.82, 2.24) is 5.32 Å². The first-order chi connectivity index (χ1) is 9.21. The Morgan fingerprint density at radius 3 is 2.68 bits per heavy atom. The molecule has 0 bridgehead atoms. The van der Waals surface area contributed by atoms with Crippen LogP contribution in [0.5, 0.6) is 11.5 Å². The SMILES string of the molecule is CCOC(=O)CCNCc1cc(OC)ccc1OC. The summed E-state index contributed by atoms with van der Waals surface area (Å²) in [7, 11) is 3.25.